The van der Waals surface area contributed by atoms with Crippen LogP contribution in [0.4, 0.5) is 4.39 Å². The second-order valence-corrected chi connectivity index (χ2v) is 6.52. The van der Waals surface area contributed by atoms with Crippen LogP contribution in [-0.2, 0) is 16.1 Å². The topological polar surface area (TPSA) is 58.2 Å². The molecule has 2 rings (SSSR count). The number of hydrogen-bond donors (Lipinski definition) is 2. The number of halogens is 1. The lowest BCUT2D eigenvalue weighted by Crippen LogP contribution is -2.39. The molecule has 23 heavy (non-hydrogen) atoms. The highest BCUT2D eigenvalue weighted by molar-refractivity contribution is 5.81. The Bertz CT molecular complexity index is 552. The van der Waals surface area contributed by atoms with E-state index in [1.54, 1.807) is 18.2 Å². The van der Waals surface area contributed by atoms with Crippen molar-refractivity contribution >= 4 is 11.8 Å². The summed E-state index contributed by atoms with van der Waals surface area (Å²) in [5.41, 5.74) is 0.492. The summed E-state index contributed by atoms with van der Waals surface area (Å²) in [6, 6.07) is 6.58. The van der Waals surface area contributed by atoms with Crippen molar-refractivity contribution in [3.63, 3.8) is 0 Å². The van der Waals surface area contributed by atoms with Crippen molar-refractivity contribution in [2.24, 2.45) is 11.8 Å². The zero-order valence-electron chi connectivity index (χ0n) is 13.8. The molecule has 0 saturated heterocycles. The van der Waals surface area contributed by atoms with E-state index in [0.717, 1.165) is 12.8 Å². The molecule has 1 aliphatic carbocycles. The monoisotopic (exact) mass is 320 g/mol. The molecule has 1 aromatic carbocycles. The zero-order chi connectivity index (χ0) is 16.8. The van der Waals surface area contributed by atoms with Crippen molar-refractivity contribution < 1.29 is 14.0 Å². The van der Waals surface area contributed by atoms with E-state index in [0.29, 0.717) is 18.4 Å². The molecule has 0 bridgehead atoms. The first-order chi connectivity index (χ1) is 11.0. The van der Waals surface area contributed by atoms with Crippen LogP contribution in [0, 0.1) is 17.7 Å². The molecule has 2 amide bonds. The van der Waals surface area contributed by atoms with Crippen LogP contribution in [0.3, 0.4) is 0 Å². The minimum absolute atomic E-state index is 0.00742. The Morgan fingerprint density at radius 2 is 1.65 bits per heavy atom. The maximum Gasteiger partial charge on any atom is 0.223 e. The molecule has 0 atom stereocenters. The highest BCUT2D eigenvalue weighted by atomic mass is 19.1. The highest BCUT2D eigenvalue weighted by Gasteiger charge is 2.29. The van der Waals surface area contributed by atoms with Gasteiger partial charge in [-0.3, -0.25) is 9.59 Å². The summed E-state index contributed by atoms with van der Waals surface area (Å²) in [6.07, 6.45) is 2.88. The molecule has 2 N–H and O–H groups in total. The molecule has 1 saturated carbocycles. The third-order valence-corrected chi connectivity index (χ3v) is 4.31. The zero-order valence-corrected chi connectivity index (χ0v) is 13.8. The largest absolute Gasteiger partial charge is 0.354 e. The lowest BCUT2D eigenvalue weighted by Gasteiger charge is -2.27. The van der Waals surface area contributed by atoms with Gasteiger partial charge in [0.2, 0.25) is 11.8 Å². The first kappa shape index (κ1) is 17.4. The minimum atomic E-state index is -0.304. The molecule has 5 heteroatoms. The summed E-state index contributed by atoms with van der Waals surface area (Å²) >= 11 is 0. The first-order valence-electron chi connectivity index (χ1n) is 8.29. The number of carbonyl (C=O) groups excluding carboxylic acids is 2. The molecule has 0 spiro atoms. The lowest BCUT2D eigenvalue weighted by atomic mass is 9.81. The van der Waals surface area contributed by atoms with Gasteiger partial charge < -0.3 is 10.6 Å². The molecule has 4 nitrogen and oxygen atoms in total. The smallest absolute Gasteiger partial charge is 0.223 e. The number of carbonyl (C=O) groups is 2. The summed E-state index contributed by atoms with van der Waals surface area (Å²) in [5.74, 6) is -0.332. The summed E-state index contributed by atoms with van der Waals surface area (Å²) in [4.78, 5) is 24.2. The van der Waals surface area contributed by atoms with E-state index < -0.39 is 0 Å². The van der Waals surface area contributed by atoms with Crippen molar-refractivity contribution in [2.45, 2.75) is 52.1 Å². The van der Waals surface area contributed by atoms with Crippen LogP contribution >= 0.6 is 0 Å². The fourth-order valence-electron chi connectivity index (χ4n) is 2.99. The Hall–Kier alpha value is -1.91. The quantitative estimate of drug-likeness (QED) is 0.876. The minimum Gasteiger partial charge on any atom is -0.354 e. The van der Waals surface area contributed by atoms with Crippen LogP contribution in [0.25, 0.3) is 0 Å². The Morgan fingerprint density at radius 1 is 1.09 bits per heavy atom. The van der Waals surface area contributed by atoms with Crippen molar-refractivity contribution in [3.8, 4) is 0 Å². The molecule has 0 radical (unpaired) electrons. The van der Waals surface area contributed by atoms with Crippen molar-refractivity contribution in [2.75, 3.05) is 0 Å². The molecule has 1 aliphatic rings. The van der Waals surface area contributed by atoms with Gasteiger partial charge >= 0.3 is 0 Å². The number of benzene rings is 1. The Labute approximate surface area is 136 Å². The normalized spacial score (nSPS) is 21.0. The molecule has 1 fully saturated rings. The summed E-state index contributed by atoms with van der Waals surface area (Å²) in [7, 11) is 0. The molecule has 0 unspecified atom stereocenters. The van der Waals surface area contributed by atoms with Crippen LogP contribution in [0.1, 0.15) is 45.1 Å². The molecule has 0 aromatic heterocycles. The van der Waals surface area contributed by atoms with Crippen molar-refractivity contribution in [1.82, 2.24) is 10.6 Å². The van der Waals surface area contributed by atoms with Gasteiger partial charge in [-0.2, -0.15) is 0 Å². The Morgan fingerprint density at radius 3 is 2.22 bits per heavy atom. The van der Waals surface area contributed by atoms with E-state index in [-0.39, 0.29) is 42.1 Å². The molecular weight excluding hydrogens is 295 g/mol. The summed E-state index contributed by atoms with van der Waals surface area (Å²) in [5, 5.41) is 5.73. The Balaban J connectivity index is 1.77. The van der Waals surface area contributed by atoms with Crippen LogP contribution < -0.4 is 10.6 Å². The SMILES string of the molecule is CC(C)NC(=O)C1CCC(C(=O)NCc2ccccc2F)CC1. The fraction of sp³-hybridized carbons (Fsp3) is 0.556. The van der Waals surface area contributed by atoms with E-state index in [9.17, 15) is 14.0 Å². The number of rotatable bonds is 5. The van der Waals surface area contributed by atoms with Gasteiger partial charge in [-0.05, 0) is 45.6 Å². The van der Waals surface area contributed by atoms with E-state index in [2.05, 4.69) is 10.6 Å². The second kappa shape index (κ2) is 8.09. The number of hydrogen-bond acceptors (Lipinski definition) is 2. The van der Waals surface area contributed by atoms with Gasteiger partial charge in [0.1, 0.15) is 5.82 Å². The van der Waals surface area contributed by atoms with Gasteiger partial charge in [0.15, 0.2) is 0 Å². The predicted octanol–water partition coefficient (Wildman–Crippen LogP) is 2.77. The number of amides is 2. The maximum atomic E-state index is 13.5. The average molecular weight is 320 g/mol. The van der Waals surface area contributed by atoms with E-state index in [1.807, 2.05) is 13.8 Å². The summed E-state index contributed by atoms with van der Waals surface area (Å²) in [6.45, 7) is 4.10. The van der Waals surface area contributed by atoms with E-state index in [1.165, 1.54) is 6.07 Å². The third-order valence-electron chi connectivity index (χ3n) is 4.31. The first-order valence-corrected chi connectivity index (χ1v) is 8.29. The van der Waals surface area contributed by atoms with Crippen LogP contribution in [-0.4, -0.2) is 17.9 Å². The van der Waals surface area contributed by atoms with Crippen molar-refractivity contribution in [3.05, 3.63) is 35.6 Å². The third kappa shape index (κ3) is 5.05. The van der Waals surface area contributed by atoms with E-state index in [4.69, 9.17) is 0 Å². The van der Waals surface area contributed by atoms with Crippen LogP contribution in [0.5, 0.6) is 0 Å². The molecular formula is C18H25FN2O2. The van der Waals surface area contributed by atoms with Gasteiger partial charge in [-0.15, -0.1) is 0 Å². The molecule has 0 aliphatic heterocycles. The lowest BCUT2D eigenvalue weighted by molar-refractivity contribution is -0.130. The molecule has 0 heterocycles. The van der Waals surface area contributed by atoms with Gasteiger partial charge in [-0.25, -0.2) is 4.39 Å². The van der Waals surface area contributed by atoms with Gasteiger partial charge in [0, 0.05) is 30.0 Å². The van der Waals surface area contributed by atoms with Gasteiger partial charge in [0.25, 0.3) is 0 Å². The van der Waals surface area contributed by atoms with Gasteiger partial charge in [0.05, 0.1) is 0 Å². The summed E-state index contributed by atoms with van der Waals surface area (Å²) < 4.78 is 13.5. The van der Waals surface area contributed by atoms with Crippen LogP contribution in [0.2, 0.25) is 0 Å². The fourth-order valence-corrected chi connectivity index (χ4v) is 2.99. The molecule has 1 aromatic rings. The molecule has 126 valence electrons. The second-order valence-electron chi connectivity index (χ2n) is 6.52. The van der Waals surface area contributed by atoms with Crippen molar-refractivity contribution in [1.29, 1.82) is 0 Å². The number of nitrogens with one attached hydrogen (secondary N) is 2. The maximum absolute atomic E-state index is 13.5. The standard InChI is InChI=1S/C18H25FN2O2/c1-12(2)21-18(23)14-9-7-13(8-10-14)17(22)20-11-15-5-3-4-6-16(15)19/h3-6,12-14H,7-11H2,1-2H3,(H,20,22)(H,21,23). The highest BCUT2D eigenvalue weighted by Crippen LogP contribution is 2.29. The Kier molecular flexibility index (Phi) is 6.13. The van der Waals surface area contributed by atoms with E-state index >= 15 is 0 Å². The van der Waals surface area contributed by atoms with Gasteiger partial charge in [-0.1, -0.05) is 18.2 Å². The predicted molar refractivity (Wildman–Crippen MR) is 87.0 cm³/mol. The van der Waals surface area contributed by atoms with Crippen LogP contribution in [0.15, 0.2) is 24.3 Å². The average Bonchev–Trinajstić information content (AvgIpc) is 2.53.